The Morgan fingerprint density at radius 1 is 0.848 bits per heavy atom. The second-order valence-electron chi connectivity index (χ2n) is 6.54. The largest absolute Gasteiger partial charge is 0.452 e. The van der Waals surface area contributed by atoms with Crippen molar-refractivity contribution in [1.82, 2.24) is 5.32 Å². The van der Waals surface area contributed by atoms with Gasteiger partial charge in [-0.1, -0.05) is 12.1 Å². The van der Waals surface area contributed by atoms with Crippen LogP contribution in [0.4, 0.5) is 20.2 Å². The van der Waals surface area contributed by atoms with E-state index in [0.29, 0.717) is 10.6 Å². The Morgan fingerprint density at radius 3 is 2.36 bits per heavy atom. The van der Waals surface area contributed by atoms with Crippen molar-refractivity contribution in [2.75, 3.05) is 23.8 Å². The number of esters is 1. The first-order valence-corrected chi connectivity index (χ1v) is 10.3. The molecule has 0 saturated carbocycles. The minimum absolute atomic E-state index is 0.0191. The van der Waals surface area contributed by atoms with Crippen molar-refractivity contribution in [3.05, 3.63) is 82.1 Å². The lowest BCUT2D eigenvalue weighted by molar-refractivity contribution is -0.126. The molecule has 1 heterocycles. The van der Waals surface area contributed by atoms with Gasteiger partial charge in [-0.05, 0) is 41.8 Å². The van der Waals surface area contributed by atoms with E-state index in [1.807, 2.05) is 0 Å². The van der Waals surface area contributed by atoms with Gasteiger partial charge in [-0.2, -0.15) is 0 Å². The van der Waals surface area contributed by atoms with Crippen LogP contribution in [0.3, 0.4) is 0 Å². The summed E-state index contributed by atoms with van der Waals surface area (Å²) in [6, 6.07) is 12.2. The van der Waals surface area contributed by atoms with E-state index in [9.17, 15) is 28.0 Å². The minimum atomic E-state index is -1.13. The number of nitrogens with one attached hydrogen (secondary N) is 3. The smallest absolute Gasteiger partial charge is 0.338 e. The zero-order valence-electron chi connectivity index (χ0n) is 16.9. The molecule has 0 bridgehead atoms. The normalized spacial score (nSPS) is 10.2. The number of rotatable bonds is 8. The van der Waals surface area contributed by atoms with Crippen molar-refractivity contribution >= 4 is 46.4 Å². The van der Waals surface area contributed by atoms with Crippen molar-refractivity contribution in [3.8, 4) is 0 Å². The molecule has 0 atom stereocenters. The molecule has 3 amide bonds. The number of hydrogen-bond acceptors (Lipinski definition) is 6. The lowest BCUT2D eigenvalue weighted by atomic mass is 10.2. The molecule has 2 aromatic carbocycles. The molecule has 0 saturated heterocycles. The van der Waals surface area contributed by atoms with Gasteiger partial charge in [0.05, 0.1) is 17.0 Å². The number of amides is 3. The highest BCUT2D eigenvalue weighted by atomic mass is 32.1. The molecule has 11 heteroatoms. The predicted octanol–water partition coefficient (Wildman–Crippen LogP) is 3.19. The summed E-state index contributed by atoms with van der Waals surface area (Å²) >= 11 is 1.27. The Hall–Kier alpha value is -4.12. The van der Waals surface area contributed by atoms with Crippen LogP contribution in [0.2, 0.25) is 0 Å². The van der Waals surface area contributed by atoms with Crippen LogP contribution in [0, 0.1) is 11.6 Å². The van der Waals surface area contributed by atoms with Gasteiger partial charge in [0.25, 0.3) is 11.8 Å². The molecule has 3 N–H and O–H groups in total. The number of thiophene rings is 1. The third-order valence-corrected chi connectivity index (χ3v) is 4.95. The highest BCUT2D eigenvalue weighted by Crippen LogP contribution is 2.16. The molecule has 3 aromatic rings. The number of halogens is 2. The lowest BCUT2D eigenvalue weighted by Gasteiger charge is -2.09. The summed E-state index contributed by atoms with van der Waals surface area (Å²) in [5.74, 6) is -4.74. The van der Waals surface area contributed by atoms with Crippen LogP contribution in [0.5, 0.6) is 0 Å². The number of carbonyl (C=O) groups excluding carboxylic acids is 4. The summed E-state index contributed by atoms with van der Waals surface area (Å²) in [5.41, 5.74) is 0.509. The number of benzene rings is 2. The molecule has 0 aliphatic rings. The van der Waals surface area contributed by atoms with Crippen molar-refractivity contribution in [2.24, 2.45) is 0 Å². The monoisotopic (exact) mass is 473 g/mol. The number of anilines is 2. The fourth-order valence-corrected chi connectivity index (χ4v) is 3.17. The quantitative estimate of drug-likeness (QED) is 0.435. The fraction of sp³-hybridized carbons (Fsp3) is 0.0909. The summed E-state index contributed by atoms with van der Waals surface area (Å²) in [7, 11) is 0. The fourth-order valence-electron chi connectivity index (χ4n) is 2.55. The van der Waals surface area contributed by atoms with Gasteiger partial charge in [0.2, 0.25) is 5.91 Å². The molecule has 0 radical (unpaired) electrons. The Morgan fingerprint density at radius 2 is 1.64 bits per heavy atom. The molecule has 33 heavy (non-hydrogen) atoms. The first-order chi connectivity index (χ1) is 15.8. The van der Waals surface area contributed by atoms with Gasteiger partial charge < -0.3 is 20.7 Å². The molecule has 0 aliphatic heterocycles. The maximum absolute atomic E-state index is 13.1. The first kappa shape index (κ1) is 23.5. The maximum Gasteiger partial charge on any atom is 0.338 e. The second-order valence-corrected chi connectivity index (χ2v) is 7.49. The van der Waals surface area contributed by atoms with Crippen molar-refractivity contribution in [1.29, 1.82) is 0 Å². The van der Waals surface area contributed by atoms with E-state index >= 15 is 0 Å². The standard InChI is InChI=1S/C22H17F2N3O5S/c23-16-7-6-15(10-17(16)24)26-19(28)11-25-20(29)12-32-22(31)13-3-1-4-14(9-13)27-21(30)18-5-2-8-33-18/h1-10H,11-12H2,(H,25,29)(H,26,28)(H,27,30). The number of ether oxygens (including phenoxy) is 1. The Bertz CT molecular complexity index is 1180. The average Bonchev–Trinajstić information content (AvgIpc) is 3.34. The van der Waals surface area contributed by atoms with Crippen LogP contribution in [0.25, 0.3) is 0 Å². The third kappa shape index (κ3) is 6.94. The van der Waals surface area contributed by atoms with E-state index in [1.165, 1.54) is 23.5 Å². The molecule has 0 unspecified atom stereocenters. The third-order valence-electron chi connectivity index (χ3n) is 4.08. The number of hydrogen-bond donors (Lipinski definition) is 3. The first-order valence-electron chi connectivity index (χ1n) is 9.45. The molecular formula is C22H17F2N3O5S. The molecule has 8 nitrogen and oxygen atoms in total. The van der Waals surface area contributed by atoms with Gasteiger partial charge in [0, 0.05) is 17.4 Å². The van der Waals surface area contributed by atoms with Gasteiger partial charge in [0.15, 0.2) is 18.2 Å². The summed E-state index contributed by atoms with van der Waals surface area (Å²) in [5, 5.41) is 8.95. The van der Waals surface area contributed by atoms with Crippen LogP contribution in [-0.4, -0.2) is 36.8 Å². The highest BCUT2D eigenvalue weighted by Gasteiger charge is 2.14. The van der Waals surface area contributed by atoms with Gasteiger partial charge in [-0.15, -0.1) is 11.3 Å². The van der Waals surface area contributed by atoms with Crippen LogP contribution in [-0.2, 0) is 14.3 Å². The zero-order chi connectivity index (χ0) is 23.8. The van der Waals surface area contributed by atoms with Crippen molar-refractivity contribution in [3.63, 3.8) is 0 Å². The lowest BCUT2D eigenvalue weighted by Crippen LogP contribution is -2.35. The van der Waals surface area contributed by atoms with Gasteiger partial charge in [-0.25, -0.2) is 13.6 Å². The van der Waals surface area contributed by atoms with E-state index < -0.39 is 42.6 Å². The van der Waals surface area contributed by atoms with E-state index in [1.54, 1.807) is 29.6 Å². The van der Waals surface area contributed by atoms with Crippen LogP contribution in [0.15, 0.2) is 60.0 Å². The van der Waals surface area contributed by atoms with Gasteiger partial charge >= 0.3 is 5.97 Å². The topological polar surface area (TPSA) is 114 Å². The van der Waals surface area contributed by atoms with E-state index in [-0.39, 0.29) is 17.2 Å². The minimum Gasteiger partial charge on any atom is -0.452 e. The molecule has 170 valence electrons. The van der Waals surface area contributed by atoms with Crippen LogP contribution >= 0.6 is 11.3 Å². The molecule has 3 rings (SSSR count). The maximum atomic E-state index is 13.1. The SMILES string of the molecule is O=C(COC(=O)c1cccc(NC(=O)c2cccs2)c1)NCC(=O)Nc1ccc(F)c(F)c1. The Labute approximate surface area is 190 Å². The Balaban J connectivity index is 1.44. The number of carbonyl (C=O) groups is 4. The summed E-state index contributed by atoms with van der Waals surface area (Å²) in [4.78, 5) is 48.5. The van der Waals surface area contributed by atoms with Gasteiger partial charge in [-0.3, -0.25) is 14.4 Å². The average molecular weight is 473 g/mol. The molecular weight excluding hydrogens is 456 g/mol. The highest BCUT2D eigenvalue weighted by molar-refractivity contribution is 7.12. The Kier molecular flexibility index (Phi) is 7.82. The molecule has 0 fully saturated rings. The van der Waals surface area contributed by atoms with E-state index in [4.69, 9.17) is 4.74 Å². The van der Waals surface area contributed by atoms with Gasteiger partial charge in [0.1, 0.15) is 0 Å². The second kappa shape index (κ2) is 11.0. The van der Waals surface area contributed by atoms with E-state index in [2.05, 4.69) is 16.0 Å². The molecule has 0 aliphatic carbocycles. The van der Waals surface area contributed by atoms with Crippen molar-refractivity contribution < 1.29 is 32.7 Å². The van der Waals surface area contributed by atoms with E-state index in [0.717, 1.165) is 18.2 Å². The molecule has 1 aromatic heterocycles. The summed E-state index contributed by atoms with van der Waals surface area (Å²) < 4.78 is 31.0. The summed E-state index contributed by atoms with van der Waals surface area (Å²) in [6.07, 6.45) is 0. The van der Waals surface area contributed by atoms with Crippen molar-refractivity contribution in [2.45, 2.75) is 0 Å². The summed E-state index contributed by atoms with van der Waals surface area (Å²) in [6.45, 7) is -1.12. The van der Waals surface area contributed by atoms with Crippen LogP contribution in [0.1, 0.15) is 20.0 Å². The zero-order valence-corrected chi connectivity index (χ0v) is 17.7. The van der Waals surface area contributed by atoms with Crippen LogP contribution < -0.4 is 16.0 Å². The molecule has 0 spiro atoms. The predicted molar refractivity (Wildman–Crippen MR) is 117 cm³/mol.